The van der Waals surface area contributed by atoms with Crippen molar-refractivity contribution in [1.82, 2.24) is 0 Å². The van der Waals surface area contributed by atoms with E-state index in [-0.39, 0.29) is 11.2 Å². The average Bonchev–Trinajstić information content (AvgIpc) is 2.30. The Hall–Kier alpha value is -1.34. The van der Waals surface area contributed by atoms with Gasteiger partial charge in [0, 0.05) is 0 Å². The van der Waals surface area contributed by atoms with Gasteiger partial charge in [0.05, 0.1) is 18.8 Å². The summed E-state index contributed by atoms with van der Waals surface area (Å²) in [6, 6.07) is 1.97. The number of carbonyl (C=O) groups is 1. The van der Waals surface area contributed by atoms with Crippen molar-refractivity contribution < 1.29 is 14.3 Å². The number of carbonyl (C=O) groups excluding carboxylic acids is 1. The third kappa shape index (κ3) is 3.31. The second-order valence-electron chi connectivity index (χ2n) is 4.39. The van der Waals surface area contributed by atoms with E-state index in [1.165, 1.54) is 0 Å². The maximum atomic E-state index is 11.6. The summed E-state index contributed by atoms with van der Waals surface area (Å²) in [6.45, 7) is 6.63. The van der Waals surface area contributed by atoms with Crippen molar-refractivity contribution in [3.63, 3.8) is 0 Å². The Morgan fingerprint density at radius 3 is 2.82 bits per heavy atom. The van der Waals surface area contributed by atoms with Crippen LogP contribution in [0.25, 0.3) is 0 Å². The van der Waals surface area contributed by atoms with Crippen LogP contribution in [-0.2, 0) is 14.3 Å². The maximum absolute atomic E-state index is 11.6. The number of nitriles is 1. The van der Waals surface area contributed by atoms with E-state index in [0.717, 1.165) is 12.0 Å². The summed E-state index contributed by atoms with van der Waals surface area (Å²) >= 11 is 0. The standard InChI is InChI=1S/C13H19NO3/c1-4-13(3)8-10(6-7-17-13)11(9-14)12(15)16-5-2/h4-8H2,1-3H3/b11-10-/t13-/m0/s1. The van der Waals surface area contributed by atoms with Gasteiger partial charge in [-0.3, -0.25) is 0 Å². The number of nitrogens with zero attached hydrogens (tertiary/aromatic N) is 1. The van der Waals surface area contributed by atoms with Crippen LogP contribution in [-0.4, -0.2) is 24.8 Å². The molecule has 1 rings (SSSR count). The molecule has 17 heavy (non-hydrogen) atoms. The maximum Gasteiger partial charge on any atom is 0.348 e. The quantitative estimate of drug-likeness (QED) is 0.429. The molecule has 0 unspecified atom stereocenters. The molecule has 0 aromatic carbocycles. The van der Waals surface area contributed by atoms with Crippen molar-refractivity contribution in [2.75, 3.05) is 13.2 Å². The van der Waals surface area contributed by atoms with Crippen LogP contribution in [0, 0.1) is 11.3 Å². The number of esters is 1. The fourth-order valence-corrected chi connectivity index (χ4v) is 1.92. The van der Waals surface area contributed by atoms with Gasteiger partial charge in [-0.1, -0.05) is 6.92 Å². The number of ether oxygens (including phenoxy) is 2. The van der Waals surface area contributed by atoms with E-state index in [0.29, 0.717) is 26.1 Å². The van der Waals surface area contributed by atoms with Gasteiger partial charge >= 0.3 is 5.97 Å². The summed E-state index contributed by atoms with van der Waals surface area (Å²) in [5.41, 5.74) is 0.763. The molecule has 4 heteroatoms. The molecule has 0 N–H and O–H groups in total. The van der Waals surface area contributed by atoms with E-state index >= 15 is 0 Å². The van der Waals surface area contributed by atoms with Gasteiger partial charge in [-0.05, 0) is 38.7 Å². The van der Waals surface area contributed by atoms with Crippen LogP contribution >= 0.6 is 0 Å². The van der Waals surface area contributed by atoms with Gasteiger partial charge in [0.1, 0.15) is 11.6 Å². The minimum absolute atomic E-state index is 0.162. The lowest BCUT2D eigenvalue weighted by molar-refractivity contribution is -0.138. The number of rotatable bonds is 3. The van der Waals surface area contributed by atoms with Crippen molar-refractivity contribution >= 4 is 5.97 Å². The van der Waals surface area contributed by atoms with Gasteiger partial charge in [-0.15, -0.1) is 0 Å². The van der Waals surface area contributed by atoms with Crippen LogP contribution in [0.1, 0.15) is 40.0 Å². The molecule has 0 radical (unpaired) electrons. The molecule has 0 spiro atoms. The lowest BCUT2D eigenvalue weighted by Gasteiger charge is -2.34. The number of hydrogen-bond donors (Lipinski definition) is 0. The summed E-state index contributed by atoms with van der Waals surface area (Å²) in [4.78, 5) is 11.6. The average molecular weight is 237 g/mol. The van der Waals surface area contributed by atoms with Gasteiger partial charge in [0.25, 0.3) is 0 Å². The molecule has 1 heterocycles. The zero-order chi connectivity index (χ0) is 12.9. The minimum Gasteiger partial charge on any atom is -0.462 e. The van der Waals surface area contributed by atoms with E-state index in [2.05, 4.69) is 0 Å². The van der Waals surface area contributed by atoms with Gasteiger partial charge in [-0.25, -0.2) is 4.79 Å². The SMILES string of the molecule is CCOC(=O)/C(C#N)=C1/CCO[C@@](C)(CC)C1. The molecular formula is C13H19NO3. The molecule has 1 fully saturated rings. The Morgan fingerprint density at radius 2 is 2.29 bits per heavy atom. The first-order valence-electron chi connectivity index (χ1n) is 5.99. The van der Waals surface area contributed by atoms with Crippen molar-refractivity contribution in [2.24, 2.45) is 0 Å². The lowest BCUT2D eigenvalue weighted by Crippen LogP contribution is -2.34. The fraction of sp³-hybridized carbons (Fsp3) is 0.692. The summed E-state index contributed by atoms with van der Waals surface area (Å²) in [5, 5.41) is 9.07. The zero-order valence-electron chi connectivity index (χ0n) is 10.7. The summed E-state index contributed by atoms with van der Waals surface area (Å²) in [6.07, 6.45) is 2.13. The molecule has 0 amide bonds. The molecule has 0 aromatic heterocycles. The molecule has 94 valence electrons. The first-order chi connectivity index (χ1) is 8.06. The largest absolute Gasteiger partial charge is 0.462 e. The van der Waals surface area contributed by atoms with Gasteiger partial charge in [-0.2, -0.15) is 5.26 Å². The van der Waals surface area contributed by atoms with Crippen LogP contribution in [0.15, 0.2) is 11.1 Å². The van der Waals surface area contributed by atoms with Crippen LogP contribution in [0.4, 0.5) is 0 Å². The topological polar surface area (TPSA) is 59.3 Å². The van der Waals surface area contributed by atoms with Crippen molar-refractivity contribution in [3.8, 4) is 6.07 Å². The van der Waals surface area contributed by atoms with Crippen LogP contribution in [0.3, 0.4) is 0 Å². The summed E-state index contributed by atoms with van der Waals surface area (Å²) in [7, 11) is 0. The molecule has 1 saturated heterocycles. The first kappa shape index (κ1) is 13.7. The van der Waals surface area contributed by atoms with Crippen LogP contribution < -0.4 is 0 Å². The van der Waals surface area contributed by atoms with E-state index in [1.54, 1.807) is 6.92 Å². The van der Waals surface area contributed by atoms with E-state index in [4.69, 9.17) is 14.7 Å². The lowest BCUT2D eigenvalue weighted by atomic mass is 9.87. The van der Waals surface area contributed by atoms with Crippen molar-refractivity contribution in [2.45, 2.75) is 45.6 Å². The second-order valence-corrected chi connectivity index (χ2v) is 4.39. The zero-order valence-corrected chi connectivity index (χ0v) is 10.7. The first-order valence-corrected chi connectivity index (χ1v) is 5.99. The van der Waals surface area contributed by atoms with Gasteiger partial charge < -0.3 is 9.47 Å². The number of hydrogen-bond acceptors (Lipinski definition) is 4. The Labute approximate surface area is 102 Å². The third-order valence-electron chi connectivity index (χ3n) is 3.13. The highest BCUT2D eigenvalue weighted by Crippen LogP contribution is 2.32. The van der Waals surface area contributed by atoms with E-state index in [1.807, 2.05) is 19.9 Å². The highest BCUT2D eigenvalue weighted by Gasteiger charge is 2.31. The summed E-state index contributed by atoms with van der Waals surface area (Å²) < 4.78 is 10.6. The molecular weight excluding hydrogens is 218 g/mol. The smallest absolute Gasteiger partial charge is 0.348 e. The molecule has 0 bridgehead atoms. The molecule has 1 aliphatic heterocycles. The molecule has 0 aromatic rings. The fourth-order valence-electron chi connectivity index (χ4n) is 1.92. The Bertz CT molecular complexity index is 367. The van der Waals surface area contributed by atoms with Gasteiger partial charge in [0.2, 0.25) is 0 Å². The Morgan fingerprint density at radius 1 is 1.59 bits per heavy atom. The molecule has 0 saturated carbocycles. The third-order valence-corrected chi connectivity index (χ3v) is 3.13. The van der Waals surface area contributed by atoms with Crippen LogP contribution in [0.5, 0.6) is 0 Å². The molecule has 4 nitrogen and oxygen atoms in total. The molecule has 1 atom stereocenters. The molecule has 1 aliphatic rings. The predicted molar refractivity (Wildman–Crippen MR) is 63.2 cm³/mol. The Balaban J connectivity index is 2.94. The Kier molecular flexibility index (Phi) is 4.71. The second kappa shape index (κ2) is 5.83. The minimum atomic E-state index is -0.509. The molecule has 0 aliphatic carbocycles. The predicted octanol–water partition coefficient (Wildman–Crippen LogP) is 2.35. The van der Waals surface area contributed by atoms with Crippen molar-refractivity contribution in [1.29, 1.82) is 5.26 Å². The van der Waals surface area contributed by atoms with Crippen molar-refractivity contribution in [3.05, 3.63) is 11.1 Å². The van der Waals surface area contributed by atoms with E-state index in [9.17, 15) is 4.79 Å². The summed E-state index contributed by atoms with van der Waals surface area (Å²) in [5.74, 6) is -0.509. The normalized spacial score (nSPS) is 27.2. The van der Waals surface area contributed by atoms with Crippen LogP contribution in [0.2, 0.25) is 0 Å². The highest BCUT2D eigenvalue weighted by atomic mass is 16.5. The van der Waals surface area contributed by atoms with Gasteiger partial charge in [0.15, 0.2) is 0 Å². The highest BCUT2D eigenvalue weighted by molar-refractivity contribution is 5.93. The monoisotopic (exact) mass is 237 g/mol. The van der Waals surface area contributed by atoms with E-state index < -0.39 is 5.97 Å².